The van der Waals surface area contributed by atoms with E-state index in [0.29, 0.717) is 19.3 Å². The van der Waals surface area contributed by atoms with Crippen molar-refractivity contribution in [3.63, 3.8) is 0 Å². The average molecular weight is 398 g/mol. The molecule has 1 heterocycles. The zero-order valence-electron chi connectivity index (χ0n) is 14.6. The summed E-state index contributed by atoms with van der Waals surface area (Å²) in [6.45, 7) is 9.01. The predicted molar refractivity (Wildman–Crippen MR) is 102 cm³/mol. The summed E-state index contributed by atoms with van der Waals surface area (Å²) >= 11 is 3.45. The number of likely N-dealkylation sites (tertiary alicyclic amines) is 1. The molecule has 0 radical (unpaired) electrons. The molecule has 6 heteroatoms. The number of halogens is 1. The van der Waals surface area contributed by atoms with E-state index in [1.165, 1.54) is 0 Å². The monoisotopic (exact) mass is 397 g/mol. The van der Waals surface area contributed by atoms with Crippen LogP contribution in [0.4, 0.5) is 0 Å². The first-order valence-corrected chi connectivity index (χ1v) is 9.55. The maximum absolute atomic E-state index is 5.75. The summed E-state index contributed by atoms with van der Waals surface area (Å²) < 4.78 is 12.5. The van der Waals surface area contributed by atoms with Gasteiger partial charge in [-0.1, -0.05) is 22.0 Å². The summed E-state index contributed by atoms with van der Waals surface area (Å²) in [4.78, 5) is 7.02. The first-order chi connectivity index (χ1) is 11.7. The average Bonchev–Trinajstić information content (AvgIpc) is 2.59. The third-order valence-electron chi connectivity index (χ3n) is 3.90. The van der Waals surface area contributed by atoms with Crippen LogP contribution in [0.2, 0.25) is 0 Å². The lowest BCUT2D eigenvalue weighted by molar-refractivity contribution is 0.0263. The van der Waals surface area contributed by atoms with Gasteiger partial charge < -0.3 is 19.7 Å². The Morgan fingerprint density at radius 1 is 1.33 bits per heavy atom. The molecular weight excluding hydrogens is 370 g/mol. The highest BCUT2D eigenvalue weighted by Gasteiger charge is 2.21. The van der Waals surface area contributed by atoms with Crippen molar-refractivity contribution >= 4 is 21.9 Å². The van der Waals surface area contributed by atoms with Gasteiger partial charge in [0.25, 0.3) is 0 Å². The summed E-state index contributed by atoms with van der Waals surface area (Å²) in [5, 5.41) is 3.38. The quantitative estimate of drug-likeness (QED) is 0.435. The van der Waals surface area contributed by atoms with Gasteiger partial charge in [0, 0.05) is 30.7 Å². The van der Waals surface area contributed by atoms with Gasteiger partial charge >= 0.3 is 0 Å². The van der Waals surface area contributed by atoms with Gasteiger partial charge in [-0.05, 0) is 44.9 Å². The van der Waals surface area contributed by atoms with E-state index in [0.717, 1.165) is 55.3 Å². The lowest BCUT2D eigenvalue weighted by Gasteiger charge is -2.34. The standard InChI is InChI=1S/C18H28BrN3O2/c1-3-20-18(22-11-8-16(9-12-22)23-4-2)21-10-13-24-17-7-5-6-15(19)14-17/h5-7,14,16H,3-4,8-13H2,1-2H3,(H,20,21). The maximum atomic E-state index is 5.75. The number of nitrogens with one attached hydrogen (secondary N) is 1. The Bertz CT molecular complexity index is 517. The molecule has 1 saturated heterocycles. The van der Waals surface area contributed by atoms with Crippen LogP contribution in [-0.2, 0) is 4.74 Å². The molecule has 5 nitrogen and oxygen atoms in total. The molecule has 134 valence electrons. The third-order valence-corrected chi connectivity index (χ3v) is 4.39. The molecule has 0 unspecified atom stereocenters. The molecule has 1 aromatic rings. The predicted octanol–water partition coefficient (Wildman–Crippen LogP) is 3.29. The number of aliphatic imine (C=N–C) groups is 1. The zero-order chi connectivity index (χ0) is 17.2. The molecule has 0 spiro atoms. The fourth-order valence-corrected chi connectivity index (χ4v) is 3.15. The second kappa shape index (κ2) is 10.6. The van der Waals surface area contributed by atoms with Crippen molar-refractivity contribution in [3.05, 3.63) is 28.7 Å². The minimum atomic E-state index is 0.397. The molecule has 1 aromatic carbocycles. The summed E-state index contributed by atoms with van der Waals surface area (Å²) in [6.07, 6.45) is 2.52. The molecule has 1 aliphatic heterocycles. The summed E-state index contributed by atoms with van der Waals surface area (Å²) in [5.41, 5.74) is 0. The van der Waals surface area contributed by atoms with E-state index >= 15 is 0 Å². The first-order valence-electron chi connectivity index (χ1n) is 8.76. The van der Waals surface area contributed by atoms with Crippen LogP contribution in [0, 0.1) is 0 Å². The van der Waals surface area contributed by atoms with Crippen LogP contribution in [0.15, 0.2) is 33.7 Å². The Balaban J connectivity index is 1.80. The molecule has 1 N–H and O–H groups in total. The van der Waals surface area contributed by atoms with Crippen molar-refractivity contribution < 1.29 is 9.47 Å². The first kappa shape index (κ1) is 19.1. The molecule has 0 amide bonds. The summed E-state index contributed by atoms with van der Waals surface area (Å²) in [7, 11) is 0. The van der Waals surface area contributed by atoms with Crippen LogP contribution in [0.3, 0.4) is 0 Å². The van der Waals surface area contributed by atoms with Crippen molar-refractivity contribution in [3.8, 4) is 5.75 Å². The van der Waals surface area contributed by atoms with E-state index < -0.39 is 0 Å². The van der Waals surface area contributed by atoms with E-state index in [4.69, 9.17) is 14.5 Å². The third kappa shape index (κ3) is 6.32. The SMILES string of the molecule is CCNC(=NCCOc1cccc(Br)c1)N1CCC(OCC)CC1. The lowest BCUT2D eigenvalue weighted by atomic mass is 10.1. The number of piperidine rings is 1. The molecule has 1 fully saturated rings. The van der Waals surface area contributed by atoms with Crippen LogP contribution >= 0.6 is 15.9 Å². The molecule has 1 aliphatic rings. The highest BCUT2D eigenvalue weighted by molar-refractivity contribution is 9.10. The zero-order valence-corrected chi connectivity index (χ0v) is 16.2. The second-order valence-electron chi connectivity index (χ2n) is 5.68. The van der Waals surface area contributed by atoms with Crippen molar-refractivity contribution in [2.24, 2.45) is 4.99 Å². The normalized spacial score (nSPS) is 16.3. The molecule has 0 saturated carbocycles. The summed E-state index contributed by atoms with van der Waals surface area (Å²) in [5.74, 6) is 1.84. The van der Waals surface area contributed by atoms with Crippen LogP contribution in [0.1, 0.15) is 26.7 Å². The van der Waals surface area contributed by atoms with E-state index in [1.54, 1.807) is 0 Å². The lowest BCUT2D eigenvalue weighted by Crippen LogP contribution is -2.47. The molecule has 0 atom stereocenters. The number of benzene rings is 1. The van der Waals surface area contributed by atoms with E-state index in [-0.39, 0.29) is 0 Å². The summed E-state index contributed by atoms with van der Waals surface area (Å²) in [6, 6.07) is 7.88. The minimum absolute atomic E-state index is 0.397. The van der Waals surface area contributed by atoms with Gasteiger partial charge in [-0.15, -0.1) is 0 Å². The van der Waals surface area contributed by atoms with Crippen molar-refractivity contribution in [2.45, 2.75) is 32.8 Å². The fraction of sp³-hybridized carbons (Fsp3) is 0.611. The number of hydrogen-bond acceptors (Lipinski definition) is 3. The number of ether oxygens (including phenoxy) is 2. The van der Waals surface area contributed by atoms with Crippen LogP contribution in [0.25, 0.3) is 0 Å². The Morgan fingerprint density at radius 2 is 2.12 bits per heavy atom. The molecule has 0 bridgehead atoms. The number of hydrogen-bond donors (Lipinski definition) is 1. The fourth-order valence-electron chi connectivity index (χ4n) is 2.77. The van der Waals surface area contributed by atoms with Gasteiger partial charge in [-0.25, -0.2) is 4.99 Å². The van der Waals surface area contributed by atoms with Crippen molar-refractivity contribution in [2.75, 3.05) is 39.4 Å². The van der Waals surface area contributed by atoms with Gasteiger partial charge in [0.1, 0.15) is 12.4 Å². The topological polar surface area (TPSA) is 46.1 Å². The van der Waals surface area contributed by atoms with Gasteiger partial charge in [-0.3, -0.25) is 0 Å². The number of guanidine groups is 1. The highest BCUT2D eigenvalue weighted by atomic mass is 79.9. The number of rotatable bonds is 7. The molecule has 0 aromatic heterocycles. The largest absolute Gasteiger partial charge is 0.492 e. The smallest absolute Gasteiger partial charge is 0.194 e. The van der Waals surface area contributed by atoms with Crippen LogP contribution in [-0.4, -0.2) is 56.4 Å². The van der Waals surface area contributed by atoms with Gasteiger partial charge in [0.05, 0.1) is 12.6 Å². The minimum Gasteiger partial charge on any atom is -0.492 e. The Labute approximate surface area is 153 Å². The van der Waals surface area contributed by atoms with E-state index in [2.05, 4.69) is 40.0 Å². The molecule has 2 rings (SSSR count). The molecular formula is C18H28BrN3O2. The molecule has 24 heavy (non-hydrogen) atoms. The Hall–Kier alpha value is -1.27. The van der Waals surface area contributed by atoms with Crippen LogP contribution in [0.5, 0.6) is 5.75 Å². The van der Waals surface area contributed by atoms with E-state index in [9.17, 15) is 0 Å². The Kier molecular flexibility index (Phi) is 8.39. The van der Waals surface area contributed by atoms with E-state index in [1.807, 2.05) is 24.3 Å². The maximum Gasteiger partial charge on any atom is 0.194 e. The van der Waals surface area contributed by atoms with Gasteiger partial charge in [0.2, 0.25) is 0 Å². The van der Waals surface area contributed by atoms with Crippen molar-refractivity contribution in [1.29, 1.82) is 0 Å². The van der Waals surface area contributed by atoms with Gasteiger partial charge in [0.15, 0.2) is 5.96 Å². The Morgan fingerprint density at radius 3 is 2.79 bits per heavy atom. The van der Waals surface area contributed by atoms with Crippen LogP contribution < -0.4 is 10.1 Å². The second-order valence-corrected chi connectivity index (χ2v) is 6.60. The number of nitrogens with zero attached hydrogens (tertiary/aromatic N) is 2. The van der Waals surface area contributed by atoms with Crippen molar-refractivity contribution in [1.82, 2.24) is 10.2 Å². The molecule has 0 aliphatic carbocycles. The highest BCUT2D eigenvalue weighted by Crippen LogP contribution is 2.17. The van der Waals surface area contributed by atoms with Gasteiger partial charge in [-0.2, -0.15) is 0 Å².